The summed E-state index contributed by atoms with van der Waals surface area (Å²) in [5.41, 5.74) is 1.19. The predicted molar refractivity (Wildman–Crippen MR) is 75.0 cm³/mol. The highest BCUT2D eigenvalue weighted by Gasteiger charge is 2.17. The fourth-order valence-electron chi connectivity index (χ4n) is 2.01. The zero-order valence-corrected chi connectivity index (χ0v) is 11.9. The molecule has 7 heteroatoms. The average Bonchev–Trinajstić information content (AvgIpc) is 2.80. The van der Waals surface area contributed by atoms with Crippen molar-refractivity contribution in [3.05, 3.63) is 46.8 Å². The third-order valence-corrected chi connectivity index (χ3v) is 3.49. The zero-order valence-electron chi connectivity index (χ0n) is 10.4. The molecular formula is C13H10Cl2N3O2+. The summed E-state index contributed by atoms with van der Waals surface area (Å²) in [5, 5.41) is 15.7. The van der Waals surface area contributed by atoms with E-state index in [4.69, 9.17) is 27.9 Å². The van der Waals surface area contributed by atoms with Crippen molar-refractivity contribution >= 4 is 34.1 Å². The third kappa shape index (κ3) is 2.05. The van der Waals surface area contributed by atoms with Crippen molar-refractivity contribution in [3.8, 4) is 11.4 Å². The van der Waals surface area contributed by atoms with E-state index in [9.17, 15) is 5.21 Å². The van der Waals surface area contributed by atoms with Crippen LogP contribution in [0.3, 0.4) is 0 Å². The van der Waals surface area contributed by atoms with Gasteiger partial charge in [0.25, 0.3) is 6.20 Å². The largest absolute Gasteiger partial charge is 0.489 e. The molecule has 102 valence electrons. The number of pyridine rings is 1. The Morgan fingerprint density at radius 2 is 1.95 bits per heavy atom. The van der Waals surface area contributed by atoms with Crippen LogP contribution in [-0.4, -0.2) is 22.1 Å². The van der Waals surface area contributed by atoms with Crippen molar-refractivity contribution in [2.45, 2.75) is 0 Å². The van der Waals surface area contributed by atoms with Gasteiger partial charge in [0.2, 0.25) is 11.9 Å². The highest BCUT2D eigenvalue weighted by atomic mass is 35.5. The van der Waals surface area contributed by atoms with Crippen LogP contribution in [0.2, 0.25) is 10.0 Å². The number of ether oxygens (including phenoxy) is 1. The van der Waals surface area contributed by atoms with E-state index in [2.05, 4.69) is 5.10 Å². The Morgan fingerprint density at radius 3 is 2.60 bits per heavy atom. The van der Waals surface area contributed by atoms with E-state index >= 15 is 0 Å². The number of benzene rings is 1. The minimum absolute atomic E-state index is 0.451. The number of hydrogen-bond donors (Lipinski definition) is 1. The Balaban J connectivity index is 2.28. The number of hydrogen-bond acceptors (Lipinski definition) is 3. The fraction of sp³-hybridized carbons (Fsp3) is 0.0769. The lowest BCUT2D eigenvalue weighted by molar-refractivity contribution is -0.904. The number of para-hydroxylation sites is 1. The van der Waals surface area contributed by atoms with Crippen molar-refractivity contribution in [2.24, 2.45) is 0 Å². The van der Waals surface area contributed by atoms with Crippen LogP contribution in [0.15, 0.2) is 36.8 Å². The number of halogens is 2. The van der Waals surface area contributed by atoms with Gasteiger partial charge in [-0.05, 0) is 12.1 Å². The molecule has 0 fully saturated rings. The molecule has 0 saturated carbocycles. The lowest BCUT2D eigenvalue weighted by Crippen LogP contribution is -2.28. The van der Waals surface area contributed by atoms with Crippen LogP contribution in [0.1, 0.15) is 0 Å². The predicted octanol–water partition coefficient (Wildman–Crippen LogP) is 2.87. The molecule has 0 aliphatic rings. The highest BCUT2D eigenvalue weighted by molar-refractivity contribution is 6.37. The molecule has 0 spiro atoms. The van der Waals surface area contributed by atoms with Gasteiger partial charge in [-0.1, -0.05) is 29.3 Å². The average molecular weight is 311 g/mol. The van der Waals surface area contributed by atoms with E-state index in [1.54, 1.807) is 29.1 Å². The summed E-state index contributed by atoms with van der Waals surface area (Å²) in [5.74, 6) is 0.451. The van der Waals surface area contributed by atoms with Crippen LogP contribution in [0.25, 0.3) is 16.6 Å². The third-order valence-electron chi connectivity index (χ3n) is 2.88. The summed E-state index contributed by atoms with van der Waals surface area (Å²) in [6.07, 6.45) is 4.66. The summed E-state index contributed by atoms with van der Waals surface area (Å²) in [4.78, 5) is 0. The van der Waals surface area contributed by atoms with Crippen LogP contribution < -0.4 is 9.47 Å². The second-order valence-corrected chi connectivity index (χ2v) is 4.97. The molecule has 3 aromatic rings. The van der Waals surface area contributed by atoms with Gasteiger partial charge in [0.05, 0.1) is 22.5 Å². The molecule has 0 atom stereocenters. The summed E-state index contributed by atoms with van der Waals surface area (Å²) in [6.45, 7) is 0. The zero-order chi connectivity index (χ0) is 14.3. The van der Waals surface area contributed by atoms with Crippen molar-refractivity contribution in [1.82, 2.24) is 9.78 Å². The lowest BCUT2D eigenvalue weighted by Gasteiger charge is -2.05. The Morgan fingerprint density at radius 1 is 1.25 bits per heavy atom. The van der Waals surface area contributed by atoms with E-state index in [0.29, 0.717) is 32.4 Å². The molecule has 0 radical (unpaired) electrons. The van der Waals surface area contributed by atoms with Crippen molar-refractivity contribution in [3.63, 3.8) is 0 Å². The number of fused-ring (bicyclic) bond motifs is 1. The summed E-state index contributed by atoms with van der Waals surface area (Å²) in [6, 6.07) is 5.23. The monoisotopic (exact) mass is 310 g/mol. The second-order valence-electron chi connectivity index (χ2n) is 4.15. The van der Waals surface area contributed by atoms with Crippen LogP contribution in [0, 0.1) is 0 Å². The molecule has 0 saturated heterocycles. The van der Waals surface area contributed by atoms with E-state index in [0.717, 1.165) is 4.73 Å². The Labute approximate surface area is 124 Å². The van der Waals surface area contributed by atoms with Crippen LogP contribution in [-0.2, 0) is 0 Å². The molecule has 0 aliphatic heterocycles. The van der Waals surface area contributed by atoms with Gasteiger partial charge in [-0.15, -0.1) is 0 Å². The quantitative estimate of drug-likeness (QED) is 0.585. The van der Waals surface area contributed by atoms with Crippen LogP contribution in [0.4, 0.5) is 0 Å². The van der Waals surface area contributed by atoms with E-state index in [1.165, 1.54) is 19.5 Å². The van der Waals surface area contributed by atoms with Gasteiger partial charge in [-0.2, -0.15) is 5.10 Å². The van der Waals surface area contributed by atoms with Gasteiger partial charge in [-0.25, -0.2) is 4.68 Å². The first-order chi connectivity index (χ1) is 9.60. The molecule has 0 amide bonds. The first-order valence-corrected chi connectivity index (χ1v) is 6.48. The second kappa shape index (κ2) is 4.85. The van der Waals surface area contributed by atoms with Crippen LogP contribution in [0.5, 0.6) is 5.75 Å². The van der Waals surface area contributed by atoms with Crippen molar-refractivity contribution < 1.29 is 14.7 Å². The standard InChI is InChI=1S/C13H10Cl2N3O2/c1-20-11-7-17(19)5-8-6-18(16-12(8)11)13-9(14)3-2-4-10(13)15/h2-7,19H,1H3/q+1. The van der Waals surface area contributed by atoms with Gasteiger partial charge >= 0.3 is 0 Å². The molecular weight excluding hydrogens is 301 g/mol. The van der Waals surface area contributed by atoms with E-state index in [-0.39, 0.29) is 0 Å². The van der Waals surface area contributed by atoms with E-state index < -0.39 is 0 Å². The maximum atomic E-state index is 9.58. The molecule has 1 N–H and O–H groups in total. The summed E-state index contributed by atoms with van der Waals surface area (Å²) >= 11 is 12.3. The molecule has 0 unspecified atom stereocenters. The molecule has 2 heterocycles. The first-order valence-electron chi connectivity index (χ1n) is 5.72. The number of nitrogens with zero attached hydrogens (tertiary/aromatic N) is 3. The van der Waals surface area contributed by atoms with Gasteiger partial charge < -0.3 is 4.74 Å². The molecule has 3 rings (SSSR count). The molecule has 0 bridgehead atoms. The number of aromatic nitrogens is 3. The summed E-state index contributed by atoms with van der Waals surface area (Å²) < 4.78 is 7.68. The highest BCUT2D eigenvalue weighted by Crippen LogP contribution is 2.30. The molecule has 20 heavy (non-hydrogen) atoms. The van der Waals surface area contributed by atoms with Crippen molar-refractivity contribution in [2.75, 3.05) is 7.11 Å². The smallest absolute Gasteiger partial charge is 0.266 e. The molecule has 5 nitrogen and oxygen atoms in total. The fourth-order valence-corrected chi connectivity index (χ4v) is 2.58. The minimum atomic E-state index is 0.451. The lowest BCUT2D eigenvalue weighted by atomic mass is 10.3. The summed E-state index contributed by atoms with van der Waals surface area (Å²) in [7, 11) is 1.51. The number of rotatable bonds is 2. The number of methoxy groups -OCH3 is 1. The maximum Gasteiger partial charge on any atom is 0.266 e. The van der Waals surface area contributed by atoms with Gasteiger partial charge in [-0.3, -0.25) is 5.21 Å². The Bertz CT molecular complexity index is 781. The minimum Gasteiger partial charge on any atom is -0.489 e. The van der Waals surface area contributed by atoms with Gasteiger partial charge in [0.15, 0.2) is 0 Å². The van der Waals surface area contributed by atoms with Gasteiger partial charge in [0, 0.05) is 10.9 Å². The SMILES string of the molecule is COc1c[n+](O)cc2cn(-c3c(Cl)cccc3Cl)nc12. The molecule has 2 aromatic heterocycles. The van der Waals surface area contributed by atoms with Gasteiger partial charge in [0.1, 0.15) is 11.2 Å². The van der Waals surface area contributed by atoms with Crippen LogP contribution >= 0.6 is 23.2 Å². The Hall–Kier alpha value is -1.98. The topological polar surface area (TPSA) is 51.2 Å². The molecule has 1 aromatic carbocycles. The van der Waals surface area contributed by atoms with Crippen molar-refractivity contribution in [1.29, 1.82) is 0 Å². The first kappa shape index (κ1) is 13.0. The maximum absolute atomic E-state index is 9.58. The normalized spacial score (nSPS) is 10.9. The Kier molecular flexibility index (Phi) is 3.16. The molecule has 0 aliphatic carbocycles. The van der Waals surface area contributed by atoms with E-state index in [1.807, 2.05) is 0 Å².